The molecule has 3 heteroatoms. The number of phenols is 1. The molecule has 0 saturated heterocycles. The van der Waals surface area contributed by atoms with Crippen molar-refractivity contribution < 1.29 is 15.0 Å². The zero-order chi connectivity index (χ0) is 14.7. The number of carboxylic acids is 1. The minimum Gasteiger partial charge on any atom is -0.508 e. The Kier molecular flexibility index (Phi) is 4.08. The quantitative estimate of drug-likeness (QED) is 0.895. The Morgan fingerprint density at radius 2 is 1.85 bits per heavy atom. The summed E-state index contributed by atoms with van der Waals surface area (Å²) < 4.78 is 0. The van der Waals surface area contributed by atoms with Crippen molar-refractivity contribution >= 4 is 5.97 Å². The van der Waals surface area contributed by atoms with Crippen LogP contribution < -0.4 is 0 Å². The molecule has 0 fully saturated rings. The molecular weight excluding hydrogens is 252 g/mol. The van der Waals surface area contributed by atoms with E-state index in [1.54, 1.807) is 18.2 Å². The number of carbonyl (C=O) groups is 1. The summed E-state index contributed by atoms with van der Waals surface area (Å²) in [5, 5.41) is 18.9. The Hall–Kier alpha value is -2.29. The minimum atomic E-state index is -0.850. The van der Waals surface area contributed by atoms with Gasteiger partial charge in [-0.25, -0.2) is 0 Å². The standard InChI is InChI=1S/C17H18O3/c1-11-6-7-14(8-12(11)2)16(17(19)20)10-13-4-3-5-15(18)9-13/h3-9,16,18H,10H2,1-2H3,(H,19,20). The third kappa shape index (κ3) is 3.18. The number of hydrogen-bond acceptors (Lipinski definition) is 2. The SMILES string of the molecule is Cc1ccc(C(Cc2cccc(O)c2)C(=O)O)cc1C. The minimum absolute atomic E-state index is 0.159. The highest BCUT2D eigenvalue weighted by molar-refractivity contribution is 5.76. The van der Waals surface area contributed by atoms with Crippen LogP contribution in [0.5, 0.6) is 5.75 Å². The van der Waals surface area contributed by atoms with E-state index >= 15 is 0 Å². The number of carboxylic acid groups (broad SMARTS) is 1. The zero-order valence-electron chi connectivity index (χ0n) is 11.6. The van der Waals surface area contributed by atoms with E-state index in [0.29, 0.717) is 6.42 Å². The normalized spacial score (nSPS) is 12.1. The molecule has 1 unspecified atom stereocenters. The Balaban J connectivity index is 2.32. The van der Waals surface area contributed by atoms with Gasteiger partial charge in [0.1, 0.15) is 5.75 Å². The number of benzene rings is 2. The summed E-state index contributed by atoms with van der Waals surface area (Å²) in [6.07, 6.45) is 0.367. The molecule has 0 radical (unpaired) electrons. The molecule has 3 nitrogen and oxygen atoms in total. The predicted molar refractivity (Wildman–Crippen MR) is 78.1 cm³/mol. The summed E-state index contributed by atoms with van der Waals surface area (Å²) in [5.41, 5.74) is 3.85. The molecule has 20 heavy (non-hydrogen) atoms. The first-order chi connectivity index (χ1) is 9.47. The largest absolute Gasteiger partial charge is 0.508 e. The van der Waals surface area contributed by atoms with Gasteiger partial charge in [-0.05, 0) is 54.7 Å². The van der Waals surface area contributed by atoms with Gasteiger partial charge in [0.05, 0.1) is 5.92 Å². The first-order valence-electron chi connectivity index (χ1n) is 6.55. The lowest BCUT2D eigenvalue weighted by molar-refractivity contribution is -0.138. The molecule has 0 bridgehead atoms. The van der Waals surface area contributed by atoms with E-state index in [9.17, 15) is 15.0 Å². The zero-order valence-corrected chi connectivity index (χ0v) is 11.6. The van der Waals surface area contributed by atoms with Crippen molar-refractivity contribution in [3.05, 3.63) is 64.7 Å². The maximum Gasteiger partial charge on any atom is 0.311 e. The number of aryl methyl sites for hydroxylation is 2. The molecule has 1 atom stereocenters. The fourth-order valence-electron chi connectivity index (χ4n) is 2.25. The second kappa shape index (κ2) is 5.78. The van der Waals surface area contributed by atoms with Gasteiger partial charge >= 0.3 is 5.97 Å². The van der Waals surface area contributed by atoms with Crippen molar-refractivity contribution in [3.8, 4) is 5.75 Å². The van der Waals surface area contributed by atoms with Crippen LogP contribution in [0.2, 0.25) is 0 Å². The van der Waals surface area contributed by atoms with E-state index in [2.05, 4.69) is 0 Å². The number of aliphatic carboxylic acids is 1. The fraction of sp³-hybridized carbons (Fsp3) is 0.235. The van der Waals surface area contributed by atoms with E-state index in [4.69, 9.17) is 0 Å². The average molecular weight is 270 g/mol. The lowest BCUT2D eigenvalue weighted by Gasteiger charge is -2.14. The lowest BCUT2D eigenvalue weighted by Crippen LogP contribution is -2.14. The highest BCUT2D eigenvalue weighted by atomic mass is 16.4. The molecule has 0 aromatic heterocycles. The molecule has 2 N–H and O–H groups in total. The van der Waals surface area contributed by atoms with Crippen LogP contribution in [-0.4, -0.2) is 16.2 Å². The number of phenolic OH excluding ortho intramolecular Hbond substituents is 1. The second-order valence-electron chi connectivity index (χ2n) is 5.11. The maximum atomic E-state index is 11.5. The number of aromatic hydroxyl groups is 1. The van der Waals surface area contributed by atoms with Crippen LogP contribution in [-0.2, 0) is 11.2 Å². The van der Waals surface area contributed by atoms with E-state index in [1.807, 2.05) is 38.1 Å². The van der Waals surface area contributed by atoms with Gasteiger partial charge in [-0.3, -0.25) is 4.79 Å². The Morgan fingerprint density at radius 1 is 1.10 bits per heavy atom. The third-order valence-electron chi connectivity index (χ3n) is 3.58. The smallest absolute Gasteiger partial charge is 0.311 e. The van der Waals surface area contributed by atoms with Crippen LogP contribution in [0.25, 0.3) is 0 Å². The maximum absolute atomic E-state index is 11.5. The first-order valence-corrected chi connectivity index (χ1v) is 6.55. The molecule has 2 aromatic carbocycles. The van der Waals surface area contributed by atoms with E-state index in [-0.39, 0.29) is 5.75 Å². The number of hydrogen-bond donors (Lipinski definition) is 2. The molecule has 2 aromatic rings. The second-order valence-corrected chi connectivity index (χ2v) is 5.11. The first kappa shape index (κ1) is 14.1. The molecule has 0 aliphatic carbocycles. The predicted octanol–water partition coefficient (Wildman–Crippen LogP) is 3.42. The van der Waals surface area contributed by atoms with Gasteiger partial charge in [0, 0.05) is 0 Å². The third-order valence-corrected chi connectivity index (χ3v) is 3.58. The van der Waals surface area contributed by atoms with Crippen molar-refractivity contribution in [2.24, 2.45) is 0 Å². The molecule has 104 valence electrons. The van der Waals surface area contributed by atoms with Gasteiger partial charge in [0.2, 0.25) is 0 Å². The van der Waals surface area contributed by atoms with Crippen molar-refractivity contribution in [1.82, 2.24) is 0 Å². The van der Waals surface area contributed by atoms with Crippen molar-refractivity contribution in [3.63, 3.8) is 0 Å². The van der Waals surface area contributed by atoms with Crippen LogP contribution in [0.4, 0.5) is 0 Å². The van der Waals surface area contributed by atoms with Crippen LogP contribution in [0.15, 0.2) is 42.5 Å². The number of rotatable bonds is 4. The van der Waals surface area contributed by atoms with Crippen LogP contribution in [0, 0.1) is 13.8 Å². The highest BCUT2D eigenvalue weighted by Crippen LogP contribution is 2.25. The topological polar surface area (TPSA) is 57.5 Å². The molecule has 0 heterocycles. The summed E-state index contributed by atoms with van der Waals surface area (Å²) in [6.45, 7) is 3.98. The average Bonchev–Trinajstić information content (AvgIpc) is 2.39. The lowest BCUT2D eigenvalue weighted by atomic mass is 9.90. The van der Waals surface area contributed by atoms with Crippen molar-refractivity contribution in [2.75, 3.05) is 0 Å². The molecule has 0 amide bonds. The van der Waals surface area contributed by atoms with E-state index < -0.39 is 11.9 Å². The van der Waals surface area contributed by atoms with Gasteiger partial charge in [-0.15, -0.1) is 0 Å². The van der Waals surface area contributed by atoms with E-state index in [0.717, 1.165) is 22.3 Å². The van der Waals surface area contributed by atoms with Crippen LogP contribution in [0.3, 0.4) is 0 Å². The summed E-state index contributed by atoms with van der Waals surface area (Å²) >= 11 is 0. The van der Waals surface area contributed by atoms with Crippen LogP contribution >= 0.6 is 0 Å². The fourth-order valence-corrected chi connectivity index (χ4v) is 2.25. The molecule has 0 aliphatic rings. The van der Waals surface area contributed by atoms with Gasteiger partial charge in [-0.1, -0.05) is 30.3 Å². The molecule has 0 spiro atoms. The molecule has 0 saturated carbocycles. The Morgan fingerprint density at radius 3 is 2.45 bits per heavy atom. The summed E-state index contributed by atoms with van der Waals surface area (Å²) in [4.78, 5) is 11.5. The van der Waals surface area contributed by atoms with Crippen LogP contribution in [0.1, 0.15) is 28.2 Å². The summed E-state index contributed by atoms with van der Waals surface area (Å²) in [7, 11) is 0. The monoisotopic (exact) mass is 270 g/mol. The van der Waals surface area contributed by atoms with Gasteiger partial charge in [0.15, 0.2) is 0 Å². The van der Waals surface area contributed by atoms with Gasteiger partial charge < -0.3 is 10.2 Å². The molecule has 2 rings (SSSR count). The summed E-state index contributed by atoms with van der Waals surface area (Å²) in [5.74, 6) is -1.29. The van der Waals surface area contributed by atoms with Crippen molar-refractivity contribution in [2.45, 2.75) is 26.2 Å². The molecule has 0 aliphatic heterocycles. The highest BCUT2D eigenvalue weighted by Gasteiger charge is 2.20. The van der Waals surface area contributed by atoms with Gasteiger partial charge in [-0.2, -0.15) is 0 Å². The summed E-state index contributed by atoms with van der Waals surface area (Å²) in [6, 6.07) is 12.5. The Labute approximate surface area is 118 Å². The van der Waals surface area contributed by atoms with Crippen molar-refractivity contribution in [1.29, 1.82) is 0 Å². The Bertz CT molecular complexity index is 632. The van der Waals surface area contributed by atoms with E-state index in [1.165, 1.54) is 0 Å². The molecular formula is C17H18O3. The van der Waals surface area contributed by atoms with Gasteiger partial charge in [0.25, 0.3) is 0 Å².